The third kappa shape index (κ3) is 7.50. The van der Waals surface area contributed by atoms with E-state index in [2.05, 4.69) is 25.9 Å². The number of aliphatic hydroxyl groups excluding tert-OH is 1. The molecular formula is C37H42N8O6. The number of amides is 5. The van der Waals surface area contributed by atoms with Crippen molar-refractivity contribution in [1.82, 2.24) is 40.3 Å². The molecule has 4 heterocycles. The molecule has 5 amide bonds. The van der Waals surface area contributed by atoms with Gasteiger partial charge in [-0.15, -0.1) is 0 Å². The van der Waals surface area contributed by atoms with Crippen molar-refractivity contribution < 1.29 is 29.1 Å². The van der Waals surface area contributed by atoms with E-state index in [0.717, 1.165) is 22.0 Å². The Morgan fingerprint density at radius 3 is 2.49 bits per heavy atom. The molecule has 266 valence electrons. The van der Waals surface area contributed by atoms with Crippen molar-refractivity contribution in [2.24, 2.45) is 5.41 Å². The van der Waals surface area contributed by atoms with Crippen molar-refractivity contribution >= 4 is 40.4 Å². The average molecular weight is 695 g/mol. The van der Waals surface area contributed by atoms with E-state index in [9.17, 15) is 29.1 Å². The molecule has 51 heavy (non-hydrogen) atoms. The van der Waals surface area contributed by atoms with Crippen LogP contribution < -0.4 is 16.0 Å². The van der Waals surface area contributed by atoms with E-state index in [1.807, 2.05) is 59.2 Å². The molecule has 2 aromatic carbocycles. The number of aromatic nitrogens is 3. The Kier molecular flexibility index (Phi) is 9.58. The largest absolute Gasteiger partial charge is 0.391 e. The summed E-state index contributed by atoms with van der Waals surface area (Å²) in [6.07, 6.45) is 7.43. The molecule has 4 atom stereocenters. The molecule has 1 aliphatic carbocycles. The first-order chi connectivity index (χ1) is 24.7. The number of H-pyrrole nitrogens is 1. The van der Waals surface area contributed by atoms with Gasteiger partial charge in [-0.05, 0) is 30.0 Å². The summed E-state index contributed by atoms with van der Waals surface area (Å²) in [4.78, 5) is 80.0. The zero-order valence-corrected chi connectivity index (χ0v) is 28.2. The number of aliphatic hydroxyl groups is 1. The summed E-state index contributed by atoms with van der Waals surface area (Å²) in [6.45, 7) is 0.0223. The second-order valence-corrected chi connectivity index (χ2v) is 13.9. The molecule has 2 aliphatic heterocycles. The second kappa shape index (κ2) is 14.4. The number of rotatable bonds is 7. The van der Waals surface area contributed by atoms with Crippen LogP contribution in [-0.2, 0) is 43.4 Å². The van der Waals surface area contributed by atoms with Crippen LogP contribution in [0.15, 0.2) is 79.5 Å². The molecule has 0 unspecified atom stereocenters. The monoisotopic (exact) mass is 694 g/mol. The summed E-state index contributed by atoms with van der Waals surface area (Å²) in [6, 6.07) is 13.7. The highest BCUT2D eigenvalue weighted by molar-refractivity contribution is 5.96. The fourth-order valence-electron chi connectivity index (χ4n) is 7.31. The van der Waals surface area contributed by atoms with Gasteiger partial charge in [-0.2, -0.15) is 0 Å². The minimum absolute atomic E-state index is 0.0215. The van der Waals surface area contributed by atoms with Gasteiger partial charge in [0.25, 0.3) is 0 Å². The van der Waals surface area contributed by atoms with Crippen LogP contribution in [0.4, 0.5) is 0 Å². The maximum atomic E-state index is 14.4. The molecule has 3 aliphatic rings. The predicted octanol–water partition coefficient (Wildman–Crippen LogP) is 0.520. The van der Waals surface area contributed by atoms with Gasteiger partial charge in [-0.1, -0.05) is 48.5 Å². The molecule has 0 bridgehead atoms. The van der Waals surface area contributed by atoms with E-state index in [-0.39, 0.29) is 51.3 Å². The average Bonchev–Trinajstić information content (AvgIpc) is 3.40. The van der Waals surface area contributed by atoms with Crippen molar-refractivity contribution in [3.63, 3.8) is 0 Å². The predicted molar refractivity (Wildman–Crippen MR) is 186 cm³/mol. The van der Waals surface area contributed by atoms with Gasteiger partial charge in [0.2, 0.25) is 29.5 Å². The number of benzene rings is 2. The lowest BCUT2D eigenvalue weighted by Gasteiger charge is -2.30. The lowest BCUT2D eigenvalue weighted by Crippen LogP contribution is -2.57. The van der Waals surface area contributed by atoms with E-state index >= 15 is 0 Å². The van der Waals surface area contributed by atoms with Gasteiger partial charge < -0.3 is 40.4 Å². The number of nitrogens with one attached hydrogen (secondary N) is 4. The van der Waals surface area contributed by atoms with E-state index in [4.69, 9.17) is 0 Å². The molecule has 14 heteroatoms. The highest BCUT2D eigenvalue weighted by atomic mass is 16.3. The summed E-state index contributed by atoms with van der Waals surface area (Å²) >= 11 is 0. The summed E-state index contributed by atoms with van der Waals surface area (Å²) < 4.78 is 1.84. The first-order valence-corrected chi connectivity index (χ1v) is 17.4. The van der Waals surface area contributed by atoms with Gasteiger partial charge in [0.15, 0.2) is 0 Å². The Labute approximate surface area is 294 Å². The molecule has 7 rings (SSSR count). The Balaban J connectivity index is 1.21. The zero-order chi connectivity index (χ0) is 35.5. The van der Waals surface area contributed by atoms with E-state index in [1.54, 1.807) is 24.9 Å². The van der Waals surface area contributed by atoms with Crippen LogP contribution in [0.1, 0.15) is 30.4 Å². The molecule has 0 spiro atoms. The molecule has 2 saturated heterocycles. The molecule has 5 N–H and O–H groups in total. The molecule has 3 fully saturated rings. The van der Waals surface area contributed by atoms with E-state index in [0.29, 0.717) is 19.4 Å². The van der Waals surface area contributed by atoms with Gasteiger partial charge in [-0.3, -0.25) is 24.0 Å². The second-order valence-electron chi connectivity index (χ2n) is 13.9. The smallest absolute Gasteiger partial charge is 0.246 e. The fraction of sp³-hybridized carbons (Fsp3) is 0.405. The third-order valence-corrected chi connectivity index (χ3v) is 10.2. The van der Waals surface area contributed by atoms with Crippen molar-refractivity contribution in [3.8, 4) is 0 Å². The van der Waals surface area contributed by atoms with Crippen molar-refractivity contribution in [2.45, 2.75) is 62.9 Å². The molecule has 2 aromatic heterocycles. The standard InChI is InChI=1S/C37H42N8O6/c46-26-18-31-34(49)42-29(16-24-6-2-1-3-7-24)33(48)39-13-15-44(36(51)37(10-11-37)22-43-14-12-38-23-43)21-32(47)41-30(35(50)45(31)20-26)17-25-19-40-28-9-5-4-8-27(25)28/h1-9,12,14,19,23,26,29-31,40,46H,10-11,13,15-18,20-22H2,(H,39,48)(H,41,47)(H,42,49)/t26-,29+,30-,31+/m1/s1. The number of imidazole rings is 1. The lowest BCUT2D eigenvalue weighted by atomic mass is 10.0. The molecule has 4 aromatic rings. The van der Waals surface area contributed by atoms with Crippen LogP contribution in [0.2, 0.25) is 0 Å². The fourth-order valence-corrected chi connectivity index (χ4v) is 7.31. The van der Waals surface area contributed by atoms with Crippen molar-refractivity contribution in [1.29, 1.82) is 0 Å². The van der Waals surface area contributed by atoms with Crippen LogP contribution >= 0.6 is 0 Å². The first-order valence-electron chi connectivity index (χ1n) is 17.4. The normalized spacial score (nSPS) is 24.3. The van der Waals surface area contributed by atoms with Crippen LogP contribution in [0.25, 0.3) is 10.9 Å². The summed E-state index contributed by atoms with van der Waals surface area (Å²) in [7, 11) is 0. The Bertz CT molecular complexity index is 1910. The van der Waals surface area contributed by atoms with Gasteiger partial charge >= 0.3 is 0 Å². The number of nitrogens with zero attached hydrogens (tertiary/aromatic N) is 4. The number of aromatic amines is 1. The minimum atomic E-state index is -1.11. The van der Waals surface area contributed by atoms with Crippen molar-refractivity contribution in [2.75, 3.05) is 26.2 Å². The van der Waals surface area contributed by atoms with E-state index in [1.165, 1.54) is 9.80 Å². The highest BCUT2D eigenvalue weighted by Gasteiger charge is 2.52. The lowest BCUT2D eigenvalue weighted by molar-refractivity contribution is -0.143. The maximum Gasteiger partial charge on any atom is 0.246 e. The number of hydrogen-bond donors (Lipinski definition) is 5. The first kappa shape index (κ1) is 34.0. The van der Waals surface area contributed by atoms with Crippen LogP contribution in [0.5, 0.6) is 0 Å². The van der Waals surface area contributed by atoms with E-state index < -0.39 is 53.3 Å². The summed E-state index contributed by atoms with van der Waals surface area (Å²) in [5.74, 6) is -2.35. The van der Waals surface area contributed by atoms with Gasteiger partial charge in [0.05, 0.1) is 24.4 Å². The Morgan fingerprint density at radius 2 is 1.73 bits per heavy atom. The quantitative estimate of drug-likeness (QED) is 0.187. The number of carbonyl (C=O) groups excluding carboxylic acids is 5. The van der Waals surface area contributed by atoms with Gasteiger partial charge in [0.1, 0.15) is 18.1 Å². The van der Waals surface area contributed by atoms with Gasteiger partial charge in [0, 0.05) is 74.9 Å². The Morgan fingerprint density at radius 1 is 0.941 bits per heavy atom. The Hall–Kier alpha value is -5.50. The van der Waals surface area contributed by atoms with Crippen LogP contribution in [0.3, 0.4) is 0 Å². The molecular weight excluding hydrogens is 652 g/mol. The topological polar surface area (TPSA) is 182 Å². The SMILES string of the molecule is O=C1CN(C(=O)C2(Cn3ccnc3)CC2)CCNC(=O)[C@H](Cc2ccccc2)NC(=O)[C@@H]2C[C@@H](O)CN2C(=O)[C@@H](Cc2c[nH]c3ccccc23)N1. The minimum Gasteiger partial charge on any atom is -0.391 e. The number of para-hydroxylation sites is 1. The number of hydrogen-bond acceptors (Lipinski definition) is 7. The number of fused-ring (bicyclic) bond motifs is 2. The number of carbonyl (C=O) groups is 5. The zero-order valence-electron chi connectivity index (χ0n) is 28.2. The molecule has 0 radical (unpaired) electrons. The van der Waals surface area contributed by atoms with Crippen molar-refractivity contribution in [3.05, 3.63) is 90.6 Å². The summed E-state index contributed by atoms with van der Waals surface area (Å²) in [5, 5.41) is 20.2. The molecule has 1 saturated carbocycles. The highest BCUT2D eigenvalue weighted by Crippen LogP contribution is 2.48. The maximum absolute atomic E-state index is 14.4. The molecule has 14 nitrogen and oxygen atoms in total. The summed E-state index contributed by atoms with van der Waals surface area (Å²) in [5.41, 5.74) is 1.75. The third-order valence-electron chi connectivity index (χ3n) is 10.2. The van der Waals surface area contributed by atoms with Crippen LogP contribution in [0, 0.1) is 5.41 Å². The van der Waals surface area contributed by atoms with Gasteiger partial charge in [-0.25, -0.2) is 4.98 Å². The van der Waals surface area contributed by atoms with Crippen LogP contribution in [-0.4, -0.2) is 109 Å².